The van der Waals surface area contributed by atoms with E-state index < -0.39 is 0 Å². The second-order valence-corrected chi connectivity index (χ2v) is 5.03. The molecule has 0 atom stereocenters. The van der Waals surface area contributed by atoms with Gasteiger partial charge in [-0.25, -0.2) is 9.97 Å². The first-order valence-electron chi connectivity index (χ1n) is 5.66. The van der Waals surface area contributed by atoms with E-state index in [1.54, 1.807) is 12.5 Å². The van der Waals surface area contributed by atoms with Crippen molar-refractivity contribution in [3.8, 4) is 0 Å². The third kappa shape index (κ3) is 3.08. The maximum Gasteiger partial charge on any atom is 0.261 e. The lowest BCUT2D eigenvalue weighted by Crippen LogP contribution is -2.15. The van der Waals surface area contributed by atoms with Crippen molar-refractivity contribution in [2.75, 3.05) is 0 Å². The summed E-state index contributed by atoms with van der Waals surface area (Å²) in [7, 11) is 0. The van der Waals surface area contributed by atoms with Crippen molar-refractivity contribution in [2.45, 2.75) is 35.7 Å². The Hall–Kier alpha value is -1.33. The third-order valence-corrected chi connectivity index (χ3v) is 3.40. The normalized spacial score (nSPS) is 15.1. The Kier molecular flexibility index (Phi) is 3.11. The Morgan fingerprint density at radius 1 is 1.35 bits per heavy atom. The lowest BCUT2D eigenvalue weighted by Gasteiger charge is -2.03. The maximum atomic E-state index is 5.15. The Labute approximate surface area is 104 Å². The summed E-state index contributed by atoms with van der Waals surface area (Å²) in [6.07, 6.45) is 7.73. The third-order valence-electron chi connectivity index (χ3n) is 2.57. The smallest absolute Gasteiger partial charge is 0.261 e. The van der Waals surface area contributed by atoms with Crippen molar-refractivity contribution in [1.29, 1.82) is 0 Å². The molecule has 2 aromatic heterocycles. The number of oxazole rings is 1. The SMILES string of the molecule is c1coc(Sc2ccc(CNC3CC3)cn2)n1. The molecule has 0 radical (unpaired) electrons. The predicted molar refractivity (Wildman–Crippen MR) is 64.7 cm³/mol. The molecule has 1 aliphatic carbocycles. The van der Waals surface area contributed by atoms with Gasteiger partial charge in [0, 0.05) is 18.8 Å². The second kappa shape index (κ2) is 4.89. The zero-order chi connectivity index (χ0) is 11.5. The molecule has 5 heteroatoms. The van der Waals surface area contributed by atoms with Gasteiger partial charge in [0.05, 0.1) is 6.20 Å². The number of nitrogens with zero attached hydrogens (tertiary/aromatic N) is 2. The molecule has 2 heterocycles. The molecule has 88 valence electrons. The van der Waals surface area contributed by atoms with E-state index >= 15 is 0 Å². The Morgan fingerprint density at radius 3 is 2.94 bits per heavy atom. The Balaban J connectivity index is 1.58. The van der Waals surface area contributed by atoms with Gasteiger partial charge in [0.1, 0.15) is 11.3 Å². The van der Waals surface area contributed by atoms with Crippen molar-refractivity contribution in [1.82, 2.24) is 15.3 Å². The van der Waals surface area contributed by atoms with Gasteiger partial charge in [-0.3, -0.25) is 0 Å². The minimum atomic E-state index is 0.626. The number of rotatable bonds is 5. The van der Waals surface area contributed by atoms with Crippen molar-refractivity contribution >= 4 is 11.8 Å². The molecule has 0 saturated heterocycles. The van der Waals surface area contributed by atoms with Gasteiger partial charge >= 0.3 is 0 Å². The van der Waals surface area contributed by atoms with Crippen LogP contribution in [0.25, 0.3) is 0 Å². The first-order valence-corrected chi connectivity index (χ1v) is 6.47. The van der Waals surface area contributed by atoms with Crippen molar-refractivity contribution in [3.05, 3.63) is 36.4 Å². The highest BCUT2D eigenvalue weighted by atomic mass is 32.2. The highest BCUT2D eigenvalue weighted by Gasteiger charge is 2.19. The zero-order valence-corrected chi connectivity index (χ0v) is 10.1. The van der Waals surface area contributed by atoms with E-state index in [0.717, 1.165) is 17.6 Å². The topological polar surface area (TPSA) is 51.0 Å². The lowest BCUT2D eigenvalue weighted by molar-refractivity contribution is 0.454. The number of aromatic nitrogens is 2. The van der Waals surface area contributed by atoms with E-state index in [-0.39, 0.29) is 0 Å². The molecular weight excluding hydrogens is 234 g/mol. The minimum Gasteiger partial charge on any atom is -0.440 e. The number of hydrogen-bond donors (Lipinski definition) is 1. The highest BCUT2D eigenvalue weighted by molar-refractivity contribution is 7.99. The fourth-order valence-electron chi connectivity index (χ4n) is 1.48. The average Bonchev–Trinajstić information content (AvgIpc) is 3.05. The van der Waals surface area contributed by atoms with E-state index in [0.29, 0.717) is 5.22 Å². The number of pyridine rings is 1. The average molecular weight is 247 g/mol. The fraction of sp³-hybridized carbons (Fsp3) is 0.333. The maximum absolute atomic E-state index is 5.15. The molecule has 17 heavy (non-hydrogen) atoms. The number of nitrogens with one attached hydrogen (secondary N) is 1. The van der Waals surface area contributed by atoms with Crippen LogP contribution >= 0.6 is 11.8 Å². The van der Waals surface area contributed by atoms with Gasteiger partial charge in [0.2, 0.25) is 0 Å². The number of hydrogen-bond acceptors (Lipinski definition) is 5. The van der Waals surface area contributed by atoms with Crippen LogP contribution in [0.15, 0.2) is 45.5 Å². The molecular formula is C12H13N3OS. The molecule has 0 aliphatic heterocycles. The van der Waals surface area contributed by atoms with Gasteiger partial charge in [-0.05, 0) is 36.2 Å². The molecule has 4 nitrogen and oxygen atoms in total. The van der Waals surface area contributed by atoms with Gasteiger partial charge in [-0.2, -0.15) is 0 Å². The van der Waals surface area contributed by atoms with Crippen LogP contribution in [-0.4, -0.2) is 16.0 Å². The standard InChI is InChI=1S/C12H13N3OS/c1-4-11(17-12-13-5-6-16-12)15-8-9(1)7-14-10-2-3-10/h1,4-6,8,10,14H,2-3,7H2. The fourth-order valence-corrected chi connectivity index (χ4v) is 2.11. The van der Waals surface area contributed by atoms with Gasteiger partial charge in [0.25, 0.3) is 5.22 Å². The monoisotopic (exact) mass is 247 g/mol. The molecule has 1 N–H and O–H groups in total. The van der Waals surface area contributed by atoms with Crippen LogP contribution < -0.4 is 5.32 Å². The molecule has 0 amide bonds. The van der Waals surface area contributed by atoms with Crippen LogP contribution in [0.5, 0.6) is 0 Å². The summed E-state index contributed by atoms with van der Waals surface area (Å²) in [5.74, 6) is 0. The van der Waals surface area contributed by atoms with Crippen molar-refractivity contribution in [2.24, 2.45) is 0 Å². The summed E-state index contributed by atoms with van der Waals surface area (Å²) < 4.78 is 5.15. The first-order chi connectivity index (χ1) is 8.40. The van der Waals surface area contributed by atoms with E-state index in [4.69, 9.17) is 4.42 Å². The molecule has 0 aromatic carbocycles. The van der Waals surface area contributed by atoms with Crippen LogP contribution in [0, 0.1) is 0 Å². The minimum absolute atomic E-state index is 0.626. The summed E-state index contributed by atoms with van der Waals surface area (Å²) >= 11 is 1.43. The summed E-state index contributed by atoms with van der Waals surface area (Å²) in [5, 5.41) is 4.99. The van der Waals surface area contributed by atoms with Crippen molar-refractivity contribution in [3.63, 3.8) is 0 Å². The highest BCUT2D eigenvalue weighted by Crippen LogP contribution is 2.24. The summed E-state index contributed by atoms with van der Waals surface area (Å²) in [5.41, 5.74) is 1.22. The summed E-state index contributed by atoms with van der Waals surface area (Å²) in [4.78, 5) is 8.42. The Morgan fingerprint density at radius 2 is 2.29 bits per heavy atom. The second-order valence-electron chi connectivity index (χ2n) is 4.06. The van der Waals surface area contributed by atoms with Crippen LogP contribution in [-0.2, 0) is 6.54 Å². The molecule has 0 unspecified atom stereocenters. The van der Waals surface area contributed by atoms with Crippen LogP contribution in [0.3, 0.4) is 0 Å². The lowest BCUT2D eigenvalue weighted by atomic mass is 10.3. The molecule has 3 rings (SSSR count). The molecule has 1 saturated carbocycles. The zero-order valence-electron chi connectivity index (χ0n) is 9.30. The van der Waals surface area contributed by atoms with Gasteiger partial charge in [-0.15, -0.1) is 0 Å². The van der Waals surface area contributed by atoms with Gasteiger partial charge in [0.15, 0.2) is 0 Å². The van der Waals surface area contributed by atoms with Crippen LogP contribution in [0.4, 0.5) is 0 Å². The van der Waals surface area contributed by atoms with Crippen molar-refractivity contribution < 1.29 is 4.42 Å². The molecule has 0 bridgehead atoms. The summed E-state index contributed by atoms with van der Waals surface area (Å²) in [6, 6.07) is 4.82. The van der Waals surface area contributed by atoms with Crippen LogP contribution in [0.2, 0.25) is 0 Å². The van der Waals surface area contributed by atoms with E-state index in [9.17, 15) is 0 Å². The van der Waals surface area contributed by atoms with E-state index in [1.807, 2.05) is 12.3 Å². The van der Waals surface area contributed by atoms with E-state index in [2.05, 4.69) is 21.4 Å². The van der Waals surface area contributed by atoms with Gasteiger partial charge in [-0.1, -0.05) is 6.07 Å². The molecule has 1 aliphatic rings. The van der Waals surface area contributed by atoms with E-state index in [1.165, 1.54) is 30.2 Å². The molecule has 1 fully saturated rings. The molecule has 0 spiro atoms. The quantitative estimate of drug-likeness (QED) is 0.879. The van der Waals surface area contributed by atoms with Gasteiger partial charge < -0.3 is 9.73 Å². The Bertz CT molecular complexity index is 465. The van der Waals surface area contributed by atoms with Crippen LogP contribution in [0.1, 0.15) is 18.4 Å². The molecule has 2 aromatic rings. The predicted octanol–water partition coefficient (Wildman–Crippen LogP) is 2.47. The first kappa shape index (κ1) is 10.8. The summed E-state index contributed by atoms with van der Waals surface area (Å²) in [6.45, 7) is 0.904. The largest absolute Gasteiger partial charge is 0.440 e.